The number of aromatic nitrogens is 1. The van der Waals surface area contributed by atoms with Gasteiger partial charge in [0, 0.05) is 6.54 Å². The van der Waals surface area contributed by atoms with E-state index < -0.39 is 5.95 Å². The molecule has 17 heavy (non-hydrogen) atoms. The minimum Gasteiger partial charge on any atom is -0.374 e. The molecule has 0 amide bonds. The van der Waals surface area contributed by atoms with Crippen molar-refractivity contribution in [2.75, 3.05) is 18.1 Å². The fourth-order valence-corrected chi connectivity index (χ4v) is 2.94. The highest BCUT2D eigenvalue weighted by molar-refractivity contribution is 5.40. The van der Waals surface area contributed by atoms with E-state index in [0.29, 0.717) is 12.1 Å². The molecular weight excluding hydrogens is 219 g/mol. The maximum atomic E-state index is 13.2. The molecule has 0 N–H and O–H groups in total. The van der Waals surface area contributed by atoms with E-state index in [2.05, 4.69) is 9.88 Å². The van der Waals surface area contributed by atoms with Crippen LogP contribution in [0.4, 0.5) is 10.2 Å². The van der Waals surface area contributed by atoms with Gasteiger partial charge in [-0.15, -0.1) is 0 Å². The van der Waals surface area contributed by atoms with E-state index in [-0.39, 0.29) is 0 Å². The number of rotatable bonds is 1. The number of nitrogens with zero attached hydrogens (tertiary/aromatic N) is 2. The lowest BCUT2D eigenvalue weighted by molar-refractivity contribution is -0.00903. The summed E-state index contributed by atoms with van der Waals surface area (Å²) >= 11 is 0. The predicted octanol–water partition coefficient (Wildman–Crippen LogP) is 2.37. The van der Waals surface area contributed by atoms with Gasteiger partial charge in [0.05, 0.1) is 18.8 Å². The van der Waals surface area contributed by atoms with Crippen LogP contribution in [0, 0.1) is 5.95 Å². The second-order valence-corrected chi connectivity index (χ2v) is 4.77. The summed E-state index contributed by atoms with van der Waals surface area (Å²) in [4.78, 5) is 6.21. The summed E-state index contributed by atoms with van der Waals surface area (Å²) in [5.41, 5.74) is 0. The number of halogens is 1. The average Bonchev–Trinajstić information content (AvgIpc) is 2.38. The van der Waals surface area contributed by atoms with Gasteiger partial charge in [-0.2, -0.15) is 4.39 Å². The van der Waals surface area contributed by atoms with Gasteiger partial charge in [0.1, 0.15) is 5.82 Å². The lowest BCUT2D eigenvalue weighted by atomic mass is 9.90. The summed E-state index contributed by atoms with van der Waals surface area (Å²) < 4.78 is 19.0. The first-order chi connectivity index (χ1) is 8.34. The van der Waals surface area contributed by atoms with Crippen LogP contribution in [0.3, 0.4) is 0 Å². The molecule has 2 aliphatic rings. The molecule has 1 saturated carbocycles. The van der Waals surface area contributed by atoms with Gasteiger partial charge in [0.15, 0.2) is 0 Å². The highest BCUT2D eigenvalue weighted by atomic mass is 19.1. The van der Waals surface area contributed by atoms with Crippen LogP contribution >= 0.6 is 0 Å². The first-order valence-electron chi connectivity index (χ1n) is 6.35. The van der Waals surface area contributed by atoms with E-state index in [1.807, 2.05) is 6.07 Å². The van der Waals surface area contributed by atoms with E-state index in [1.165, 1.54) is 18.9 Å². The zero-order chi connectivity index (χ0) is 11.7. The van der Waals surface area contributed by atoms with Crippen molar-refractivity contribution in [2.24, 2.45) is 0 Å². The molecule has 2 fully saturated rings. The van der Waals surface area contributed by atoms with Crippen LogP contribution in [0.25, 0.3) is 0 Å². The molecule has 92 valence electrons. The summed E-state index contributed by atoms with van der Waals surface area (Å²) in [7, 11) is 0. The summed E-state index contributed by atoms with van der Waals surface area (Å²) in [6.07, 6.45) is 5.03. The smallest absolute Gasteiger partial charge is 0.214 e. The van der Waals surface area contributed by atoms with Crippen LogP contribution in [0.1, 0.15) is 25.7 Å². The van der Waals surface area contributed by atoms with E-state index in [0.717, 1.165) is 31.8 Å². The van der Waals surface area contributed by atoms with Crippen molar-refractivity contribution in [1.29, 1.82) is 0 Å². The molecule has 2 unspecified atom stereocenters. The summed E-state index contributed by atoms with van der Waals surface area (Å²) in [6, 6.07) is 5.39. The third-order valence-corrected chi connectivity index (χ3v) is 3.73. The third kappa shape index (κ3) is 2.14. The van der Waals surface area contributed by atoms with Crippen LogP contribution in [0.5, 0.6) is 0 Å². The zero-order valence-electron chi connectivity index (χ0n) is 9.81. The van der Waals surface area contributed by atoms with Crippen molar-refractivity contribution in [3.8, 4) is 0 Å². The van der Waals surface area contributed by atoms with Gasteiger partial charge in [-0.3, -0.25) is 0 Å². The molecule has 1 aliphatic heterocycles. The first kappa shape index (κ1) is 11.0. The second kappa shape index (κ2) is 4.61. The Bertz CT molecular complexity index is 397. The van der Waals surface area contributed by atoms with Crippen LogP contribution in [0.15, 0.2) is 18.2 Å². The molecule has 0 radical (unpaired) electrons. The molecule has 0 bridgehead atoms. The Hall–Kier alpha value is -1.16. The number of hydrogen-bond donors (Lipinski definition) is 0. The molecule has 2 heterocycles. The number of pyridine rings is 1. The Morgan fingerprint density at radius 3 is 3.06 bits per heavy atom. The maximum Gasteiger partial charge on any atom is 0.214 e. The Morgan fingerprint density at radius 1 is 1.29 bits per heavy atom. The van der Waals surface area contributed by atoms with Crippen LogP contribution in [-0.4, -0.2) is 30.3 Å². The fourth-order valence-electron chi connectivity index (χ4n) is 2.94. The predicted molar refractivity (Wildman–Crippen MR) is 63.5 cm³/mol. The quantitative estimate of drug-likeness (QED) is 0.700. The number of morpholine rings is 1. The molecule has 3 rings (SSSR count). The molecule has 1 aliphatic carbocycles. The lowest BCUT2D eigenvalue weighted by Gasteiger charge is -2.44. The molecular formula is C13H17FN2O. The minimum absolute atomic E-state index is 0.308. The number of anilines is 1. The lowest BCUT2D eigenvalue weighted by Crippen LogP contribution is -2.53. The molecule has 4 heteroatoms. The molecule has 3 nitrogen and oxygen atoms in total. The molecule has 1 aromatic rings. The standard InChI is InChI=1S/C13H17FN2O/c14-12-6-3-7-13(15-12)16-8-9-17-11-5-2-1-4-10(11)16/h3,6-7,10-11H,1-2,4-5,8-9H2. The summed E-state index contributed by atoms with van der Waals surface area (Å²) in [6.45, 7) is 1.54. The summed E-state index contributed by atoms with van der Waals surface area (Å²) in [5.74, 6) is 0.353. The van der Waals surface area contributed by atoms with Gasteiger partial charge in [0.25, 0.3) is 0 Å². The first-order valence-corrected chi connectivity index (χ1v) is 6.35. The van der Waals surface area contributed by atoms with Crippen LogP contribution < -0.4 is 4.90 Å². The Balaban J connectivity index is 1.85. The Labute approximate surface area is 101 Å². The highest BCUT2D eigenvalue weighted by Gasteiger charge is 2.34. The van der Waals surface area contributed by atoms with Gasteiger partial charge in [-0.05, 0) is 25.0 Å². The molecule has 2 atom stereocenters. The maximum absolute atomic E-state index is 13.2. The zero-order valence-corrected chi connectivity index (χ0v) is 9.81. The van der Waals surface area contributed by atoms with Gasteiger partial charge in [0.2, 0.25) is 5.95 Å². The van der Waals surface area contributed by atoms with Gasteiger partial charge < -0.3 is 9.64 Å². The third-order valence-electron chi connectivity index (χ3n) is 3.73. The van der Waals surface area contributed by atoms with Crippen LogP contribution in [-0.2, 0) is 4.74 Å². The highest BCUT2D eigenvalue weighted by Crippen LogP contribution is 2.31. The van der Waals surface area contributed by atoms with E-state index in [1.54, 1.807) is 6.07 Å². The van der Waals surface area contributed by atoms with Gasteiger partial charge in [-0.1, -0.05) is 18.9 Å². The van der Waals surface area contributed by atoms with E-state index in [9.17, 15) is 4.39 Å². The van der Waals surface area contributed by atoms with Crippen molar-refractivity contribution in [2.45, 2.75) is 37.8 Å². The van der Waals surface area contributed by atoms with Gasteiger partial charge >= 0.3 is 0 Å². The topological polar surface area (TPSA) is 25.4 Å². The Kier molecular flexibility index (Phi) is 2.97. The minimum atomic E-state index is -0.402. The number of ether oxygens (including phenoxy) is 1. The number of hydrogen-bond acceptors (Lipinski definition) is 3. The van der Waals surface area contributed by atoms with Crippen molar-refractivity contribution in [1.82, 2.24) is 4.98 Å². The van der Waals surface area contributed by atoms with Crippen molar-refractivity contribution in [3.63, 3.8) is 0 Å². The van der Waals surface area contributed by atoms with Crippen molar-refractivity contribution in [3.05, 3.63) is 24.1 Å². The van der Waals surface area contributed by atoms with E-state index >= 15 is 0 Å². The largest absolute Gasteiger partial charge is 0.374 e. The normalized spacial score (nSPS) is 28.9. The van der Waals surface area contributed by atoms with E-state index in [4.69, 9.17) is 4.74 Å². The molecule has 0 spiro atoms. The SMILES string of the molecule is Fc1cccc(N2CCOC3CCCCC32)n1. The van der Waals surface area contributed by atoms with Crippen LogP contribution in [0.2, 0.25) is 0 Å². The molecule has 1 saturated heterocycles. The average molecular weight is 236 g/mol. The number of fused-ring (bicyclic) bond motifs is 1. The second-order valence-electron chi connectivity index (χ2n) is 4.77. The monoisotopic (exact) mass is 236 g/mol. The van der Waals surface area contributed by atoms with Crippen molar-refractivity contribution >= 4 is 5.82 Å². The molecule has 1 aromatic heterocycles. The summed E-state index contributed by atoms with van der Waals surface area (Å²) in [5, 5.41) is 0. The Morgan fingerprint density at radius 2 is 2.18 bits per heavy atom. The van der Waals surface area contributed by atoms with Gasteiger partial charge in [-0.25, -0.2) is 4.98 Å². The van der Waals surface area contributed by atoms with Crippen molar-refractivity contribution < 1.29 is 9.13 Å². The molecule has 0 aromatic carbocycles. The fraction of sp³-hybridized carbons (Fsp3) is 0.615.